The molecule has 1 N–H and O–H groups in total. The van der Waals surface area contributed by atoms with Crippen molar-refractivity contribution in [2.75, 3.05) is 7.11 Å². The minimum atomic E-state index is -0.358. The van der Waals surface area contributed by atoms with Gasteiger partial charge in [-0.05, 0) is 25.0 Å². The molecule has 0 aromatic heterocycles. The lowest BCUT2D eigenvalue weighted by Gasteiger charge is -2.17. The average molecular weight is 272 g/mol. The van der Waals surface area contributed by atoms with E-state index in [9.17, 15) is 14.7 Å². The average Bonchev–Trinajstić information content (AvgIpc) is 2.48. The second-order valence-electron chi connectivity index (χ2n) is 4.62. The van der Waals surface area contributed by atoms with Gasteiger partial charge in [-0.15, -0.1) is 0 Å². The Balaban J connectivity index is 2.61. The molecule has 0 saturated heterocycles. The van der Waals surface area contributed by atoms with Gasteiger partial charge in [0.1, 0.15) is 11.5 Å². The van der Waals surface area contributed by atoms with Gasteiger partial charge in [-0.25, -0.2) is 0 Å². The van der Waals surface area contributed by atoms with E-state index in [1.807, 2.05) is 6.92 Å². The number of methoxy groups -OCH3 is 1. The summed E-state index contributed by atoms with van der Waals surface area (Å²) in [5, 5.41) is 10.1. The van der Waals surface area contributed by atoms with Gasteiger partial charge in [-0.1, -0.05) is 19.1 Å². The molecule has 1 aliphatic rings. The van der Waals surface area contributed by atoms with Gasteiger partial charge in [0.05, 0.1) is 18.2 Å². The molecule has 0 amide bonds. The van der Waals surface area contributed by atoms with Crippen molar-refractivity contribution < 1.29 is 19.4 Å². The van der Waals surface area contributed by atoms with E-state index < -0.39 is 0 Å². The highest BCUT2D eigenvalue weighted by molar-refractivity contribution is 6.26. The number of Topliss-reactive ketones (excluding diaryl/α,β-unsaturated/α-hetero) is 1. The van der Waals surface area contributed by atoms with Gasteiger partial charge >= 0.3 is 0 Å². The van der Waals surface area contributed by atoms with Crippen LogP contribution in [0.2, 0.25) is 0 Å². The number of aliphatic hydroxyl groups is 1. The second kappa shape index (κ2) is 5.33. The molecule has 0 saturated carbocycles. The Bertz CT molecular complexity index is 650. The van der Waals surface area contributed by atoms with E-state index in [-0.39, 0.29) is 34.0 Å². The molecule has 20 heavy (non-hydrogen) atoms. The van der Waals surface area contributed by atoms with Crippen LogP contribution in [0.1, 0.15) is 41.0 Å². The smallest absolute Gasteiger partial charge is 0.197 e. The summed E-state index contributed by atoms with van der Waals surface area (Å²) >= 11 is 0. The number of ketones is 2. The van der Waals surface area contributed by atoms with Gasteiger partial charge in [0, 0.05) is 11.6 Å². The lowest BCUT2D eigenvalue weighted by molar-refractivity contribution is 0.0978. The van der Waals surface area contributed by atoms with Crippen LogP contribution in [0.4, 0.5) is 0 Å². The Morgan fingerprint density at radius 2 is 2.00 bits per heavy atom. The third-order valence-corrected chi connectivity index (χ3v) is 3.45. The van der Waals surface area contributed by atoms with E-state index in [4.69, 9.17) is 4.74 Å². The molecule has 0 aliphatic heterocycles. The lowest BCUT2D eigenvalue weighted by Crippen LogP contribution is -2.19. The topological polar surface area (TPSA) is 63.6 Å². The van der Waals surface area contributed by atoms with Crippen molar-refractivity contribution in [1.29, 1.82) is 0 Å². The molecule has 0 atom stereocenters. The molecule has 0 fully saturated rings. The van der Waals surface area contributed by atoms with Gasteiger partial charge in [0.25, 0.3) is 0 Å². The quantitative estimate of drug-likeness (QED) is 0.858. The van der Waals surface area contributed by atoms with E-state index in [0.717, 1.165) is 0 Å². The predicted octanol–water partition coefficient (Wildman–Crippen LogP) is 3.24. The molecule has 2 rings (SSSR count). The molecule has 0 bridgehead atoms. The second-order valence-corrected chi connectivity index (χ2v) is 4.62. The van der Waals surface area contributed by atoms with Crippen molar-refractivity contribution in [1.82, 2.24) is 0 Å². The summed E-state index contributed by atoms with van der Waals surface area (Å²) in [6.07, 6.45) is 1.79. The molecule has 4 heteroatoms. The molecule has 4 nitrogen and oxygen atoms in total. The SMILES string of the molecule is CC/C(C)=C(/O)C1=CC(=O)c2c(OC)cccc2C1=O. The molecule has 104 valence electrons. The molecular weight excluding hydrogens is 256 g/mol. The molecule has 0 heterocycles. The normalized spacial score (nSPS) is 15.4. The van der Waals surface area contributed by atoms with Crippen molar-refractivity contribution >= 4 is 11.6 Å². The highest BCUT2D eigenvalue weighted by Gasteiger charge is 2.30. The number of carbonyl (C=O) groups is 2. The highest BCUT2D eigenvalue weighted by atomic mass is 16.5. The number of aliphatic hydroxyl groups excluding tert-OH is 1. The number of benzene rings is 1. The first kappa shape index (κ1) is 14.1. The van der Waals surface area contributed by atoms with Gasteiger partial charge in [0.2, 0.25) is 0 Å². The number of fused-ring (bicyclic) bond motifs is 1. The Labute approximate surface area is 117 Å². The van der Waals surface area contributed by atoms with E-state index in [0.29, 0.717) is 17.7 Å². The summed E-state index contributed by atoms with van der Waals surface area (Å²) in [6, 6.07) is 4.86. The molecule has 1 aromatic carbocycles. The zero-order valence-electron chi connectivity index (χ0n) is 11.7. The van der Waals surface area contributed by atoms with Crippen LogP contribution in [0.3, 0.4) is 0 Å². The molecule has 1 aliphatic carbocycles. The number of hydrogen-bond donors (Lipinski definition) is 1. The Hall–Kier alpha value is -2.36. The number of ether oxygens (including phenoxy) is 1. The largest absolute Gasteiger partial charge is 0.507 e. The van der Waals surface area contributed by atoms with Crippen LogP contribution in [0.25, 0.3) is 0 Å². The number of allylic oxidation sites excluding steroid dienone is 3. The van der Waals surface area contributed by atoms with Crippen molar-refractivity contribution in [3.63, 3.8) is 0 Å². The van der Waals surface area contributed by atoms with E-state index in [2.05, 4.69) is 0 Å². The van der Waals surface area contributed by atoms with E-state index in [1.165, 1.54) is 13.2 Å². The number of rotatable bonds is 3. The molecular formula is C16H16O4. The summed E-state index contributed by atoms with van der Waals surface area (Å²) in [5.74, 6) is -0.433. The maximum Gasteiger partial charge on any atom is 0.197 e. The van der Waals surface area contributed by atoms with Crippen LogP contribution in [0.5, 0.6) is 5.75 Å². The summed E-state index contributed by atoms with van der Waals surface area (Å²) < 4.78 is 5.12. The maximum atomic E-state index is 12.4. The number of hydrogen-bond acceptors (Lipinski definition) is 4. The molecule has 1 aromatic rings. The lowest BCUT2D eigenvalue weighted by atomic mass is 9.87. The minimum absolute atomic E-state index is 0.0510. The predicted molar refractivity (Wildman–Crippen MR) is 75.4 cm³/mol. The van der Waals surface area contributed by atoms with Crippen LogP contribution in [-0.2, 0) is 0 Å². The van der Waals surface area contributed by atoms with Crippen molar-refractivity contribution in [3.8, 4) is 5.75 Å². The van der Waals surface area contributed by atoms with Crippen LogP contribution in [-0.4, -0.2) is 23.8 Å². The Morgan fingerprint density at radius 1 is 1.30 bits per heavy atom. The Kier molecular flexibility index (Phi) is 3.74. The van der Waals surface area contributed by atoms with Crippen LogP contribution >= 0.6 is 0 Å². The monoisotopic (exact) mass is 272 g/mol. The molecule has 0 spiro atoms. The standard InChI is InChI=1S/C16H16O4/c1-4-9(2)15(18)11-8-12(17)14-10(16(11)19)6-5-7-13(14)20-3/h5-8,18H,4H2,1-3H3/b15-9+. The first-order valence-electron chi connectivity index (χ1n) is 6.38. The third kappa shape index (κ3) is 2.13. The summed E-state index contributed by atoms with van der Waals surface area (Å²) in [5.41, 5.74) is 1.24. The van der Waals surface area contributed by atoms with Crippen molar-refractivity contribution in [2.24, 2.45) is 0 Å². The fraction of sp³-hybridized carbons (Fsp3) is 0.250. The first-order chi connectivity index (χ1) is 9.51. The maximum absolute atomic E-state index is 12.4. The zero-order valence-corrected chi connectivity index (χ0v) is 11.7. The third-order valence-electron chi connectivity index (χ3n) is 3.45. The Morgan fingerprint density at radius 3 is 2.60 bits per heavy atom. The zero-order chi connectivity index (χ0) is 14.9. The van der Waals surface area contributed by atoms with E-state index >= 15 is 0 Å². The summed E-state index contributed by atoms with van der Waals surface area (Å²) in [4.78, 5) is 24.6. The van der Waals surface area contributed by atoms with Crippen LogP contribution < -0.4 is 4.74 Å². The van der Waals surface area contributed by atoms with Crippen molar-refractivity contribution in [3.05, 3.63) is 52.3 Å². The first-order valence-corrected chi connectivity index (χ1v) is 6.38. The fourth-order valence-corrected chi connectivity index (χ4v) is 2.13. The van der Waals surface area contributed by atoms with Gasteiger partial charge in [-0.2, -0.15) is 0 Å². The van der Waals surface area contributed by atoms with Crippen molar-refractivity contribution in [2.45, 2.75) is 20.3 Å². The van der Waals surface area contributed by atoms with E-state index in [1.54, 1.807) is 25.1 Å². The fourth-order valence-electron chi connectivity index (χ4n) is 2.13. The summed E-state index contributed by atoms with van der Waals surface area (Å²) in [6.45, 7) is 3.60. The van der Waals surface area contributed by atoms with Gasteiger partial charge in [0.15, 0.2) is 11.6 Å². The van der Waals surface area contributed by atoms with Crippen LogP contribution in [0, 0.1) is 0 Å². The molecule has 0 unspecified atom stereocenters. The summed E-state index contributed by atoms with van der Waals surface area (Å²) in [7, 11) is 1.45. The molecule has 0 radical (unpaired) electrons. The highest BCUT2D eigenvalue weighted by Crippen LogP contribution is 2.31. The van der Waals surface area contributed by atoms with Gasteiger partial charge < -0.3 is 9.84 Å². The van der Waals surface area contributed by atoms with Gasteiger partial charge in [-0.3, -0.25) is 9.59 Å². The van der Waals surface area contributed by atoms with Crippen LogP contribution in [0.15, 0.2) is 41.2 Å². The minimum Gasteiger partial charge on any atom is -0.507 e. The number of carbonyl (C=O) groups excluding carboxylic acids is 2.